The first kappa shape index (κ1) is 15.3. The van der Waals surface area contributed by atoms with Gasteiger partial charge < -0.3 is 11.1 Å². The Bertz CT molecular complexity index is 778. The Balaban J connectivity index is 2.26. The van der Waals surface area contributed by atoms with E-state index in [-0.39, 0.29) is 4.90 Å². The number of benzene rings is 2. The van der Waals surface area contributed by atoms with Gasteiger partial charge in [0.05, 0.1) is 10.6 Å². The minimum absolute atomic E-state index is 0.130. The van der Waals surface area contributed by atoms with Crippen molar-refractivity contribution in [2.24, 2.45) is 5.73 Å². The van der Waals surface area contributed by atoms with Gasteiger partial charge in [-0.3, -0.25) is 4.72 Å². The van der Waals surface area contributed by atoms with Gasteiger partial charge in [0.15, 0.2) is 0 Å². The topological polar surface area (TPSA) is 101 Å². The second-order valence-corrected chi connectivity index (χ2v) is 6.73. The van der Waals surface area contributed by atoms with E-state index < -0.39 is 16.1 Å². The van der Waals surface area contributed by atoms with Crippen LogP contribution < -0.4 is 15.8 Å². The second kappa shape index (κ2) is 6.15. The number of rotatable bonds is 4. The van der Waals surface area contributed by atoms with Crippen LogP contribution in [0.2, 0.25) is 0 Å². The van der Waals surface area contributed by atoms with Crippen LogP contribution in [-0.2, 0) is 10.0 Å². The molecule has 2 aromatic carbocycles. The third kappa shape index (κ3) is 4.20. The Morgan fingerprint density at radius 3 is 2.38 bits per heavy atom. The van der Waals surface area contributed by atoms with Gasteiger partial charge in [-0.1, -0.05) is 28.1 Å². The quantitative estimate of drug-likeness (QED) is 0.771. The van der Waals surface area contributed by atoms with Crippen LogP contribution in [0.15, 0.2) is 57.9 Å². The number of carbonyl (C=O) groups is 1. The lowest BCUT2D eigenvalue weighted by Crippen LogP contribution is -2.19. The zero-order chi connectivity index (χ0) is 15.5. The Morgan fingerprint density at radius 1 is 1.05 bits per heavy atom. The Kier molecular flexibility index (Phi) is 4.49. The van der Waals surface area contributed by atoms with Gasteiger partial charge in [0.2, 0.25) is 0 Å². The second-order valence-electron chi connectivity index (χ2n) is 4.13. The average Bonchev–Trinajstić information content (AvgIpc) is 2.37. The number of amides is 2. The highest BCUT2D eigenvalue weighted by atomic mass is 79.9. The molecule has 0 fully saturated rings. The molecule has 2 aromatic rings. The molecule has 0 aromatic heterocycles. The van der Waals surface area contributed by atoms with E-state index in [1.54, 1.807) is 30.3 Å². The van der Waals surface area contributed by atoms with Crippen LogP contribution in [-0.4, -0.2) is 14.4 Å². The van der Waals surface area contributed by atoms with Crippen molar-refractivity contribution < 1.29 is 13.2 Å². The van der Waals surface area contributed by atoms with Crippen molar-refractivity contribution in [1.82, 2.24) is 0 Å². The fraction of sp³-hybridized carbons (Fsp3) is 0. The summed E-state index contributed by atoms with van der Waals surface area (Å²) in [5.41, 5.74) is 5.74. The van der Waals surface area contributed by atoms with Gasteiger partial charge in [0.1, 0.15) is 0 Å². The molecule has 0 heterocycles. The molecule has 0 saturated carbocycles. The molecule has 0 radical (unpaired) electrons. The molecule has 0 saturated heterocycles. The highest BCUT2D eigenvalue weighted by Crippen LogP contribution is 2.21. The lowest BCUT2D eigenvalue weighted by molar-refractivity contribution is 0.259. The maximum absolute atomic E-state index is 12.2. The minimum atomic E-state index is -3.71. The standard InChI is InChI=1S/C13H12BrN3O3S/c14-9-3-1-6-12(7-9)21(19,20)17-11-5-2-4-10(8-11)16-13(15)18/h1-8,17H,(H3,15,16,18). The molecule has 0 bridgehead atoms. The number of hydrogen-bond donors (Lipinski definition) is 3. The highest BCUT2D eigenvalue weighted by molar-refractivity contribution is 9.10. The molecule has 0 unspecified atom stereocenters. The number of sulfonamides is 1. The molecular weight excluding hydrogens is 358 g/mol. The van der Waals surface area contributed by atoms with E-state index in [2.05, 4.69) is 26.0 Å². The number of urea groups is 1. The molecule has 0 spiro atoms. The Hall–Kier alpha value is -2.06. The number of halogens is 1. The van der Waals surface area contributed by atoms with Crippen molar-refractivity contribution in [2.75, 3.05) is 10.0 Å². The maximum Gasteiger partial charge on any atom is 0.316 e. The SMILES string of the molecule is NC(=O)Nc1cccc(NS(=O)(=O)c2cccc(Br)c2)c1. The molecule has 0 atom stereocenters. The fourth-order valence-corrected chi connectivity index (χ4v) is 3.30. The summed E-state index contributed by atoms with van der Waals surface area (Å²) in [5.74, 6) is 0. The lowest BCUT2D eigenvalue weighted by atomic mass is 10.3. The van der Waals surface area contributed by atoms with Crippen LogP contribution >= 0.6 is 15.9 Å². The highest BCUT2D eigenvalue weighted by Gasteiger charge is 2.14. The zero-order valence-corrected chi connectivity index (χ0v) is 13.1. The van der Waals surface area contributed by atoms with Gasteiger partial charge in [0.25, 0.3) is 10.0 Å². The minimum Gasteiger partial charge on any atom is -0.351 e. The smallest absolute Gasteiger partial charge is 0.316 e. The normalized spacial score (nSPS) is 10.9. The van der Waals surface area contributed by atoms with Crippen LogP contribution in [0.5, 0.6) is 0 Å². The summed E-state index contributed by atoms with van der Waals surface area (Å²) in [4.78, 5) is 10.9. The summed E-state index contributed by atoms with van der Waals surface area (Å²) >= 11 is 3.23. The molecule has 6 nitrogen and oxygen atoms in total. The van der Waals surface area contributed by atoms with E-state index in [0.29, 0.717) is 15.8 Å². The van der Waals surface area contributed by atoms with Crippen LogP contribution in [0, 0.1) is 0 Å². The molecule has 4 N–H and O–H groups in total. The number of nitrogens with two attached hydrogens (primary N) is 1. The monoisotopic (exact) mass is 369 g/mol. The van der Waals surface area contributed by atoms with Crippen molar-refractivity contribution in [3.63, 3.8) is 0 Å². The third-order valence-corrected chi connectivity index (χ3v) is 4.36. The van der Waals surface area contributed by atoms with Crippen LogP contribution in [0.1, 0.15) is 0 Å². The number of nitrogens with one attached hydrogen (secondary N) is 2. The van der Waals surface area contributed by atoms with E-state index in [9.17, 15) is 13.2 Å². The Labute approximate surface area is 130 Å². The Morgan fingerprint density at radius 2 is 1.71 bits per heavy atom. The van der Waals surface area contributed by atoms with Gasteiger partial charge in [-0.25, -0.2) is 13.2 Å². The van der Waals surface area contributed by atoms with Gasteiger partial charge >= 0.3 is 6.03 Å². The average molecular weight is 370 g/mol. The van der Waals surface area contributed by atoms with Gasteiger partial charge in [-0.15, -0.1) is 0 Å². The molecule has 2 rings (SSSR count). The summed E-state index contributed by atoms with van der Waals surface area (Å²) in [6.07, 6.45) is 0. The molecule has 0 aliphatic heterocycles. The molecule has 0 aliphatic rings. The van der Waals surface area contributed by atoms with E-state index in [1.165, 1.54) is 18.2 Å². The first-order valence-electron chi connectivity index (χ1n) is 5.82. The molecule has 2 amide bonds. The van der Waals surface area contributed by atoms with Crippen molar-refractivity contribution in [2.45, 2.75) is 4.90 Å². The molecule has 0 aliphatic carbocycles. The molecular formula is C13H12BrN3O3S. The molecule has 21 heavy (non-hydrogen) atoms. The van der Waals surface area contributed by atoms with Gasteiger partial charge in [-0.05, 0) is 36.4 Å². The summed E-state index contributed by atoms with van der Waals surface area (Å²) in [7, 11) is -3.71. The van der Waals surface area contributed by atoms with Crippen LogP contribution in [0.3, 0.4) is 0 Å². The lowest BCUT2D eigenvalue weighted by Gasteiger charge is -2.10. The van der Waals surface area contributed by atoms with Crippen molar-refractivity contribution >= 4 is 43.4 Å². The molecule has 8 heteroatoms. The van der Waals surface area contributed by atoms with Gasteiger partial charge in [0, 0.05) is 10.2 Å². The molecule has 110 valence electrons. The summed E-state index contributed by atoms with van der Waals surface area (Å²) in [6.45, 7) is 0. The van der Waals surface area contributed by atoms with Crippen molar-refractivity contribution in [3.05, 3.63) is 53.0 Å². The van der Waals surface area contributed by atoms with Gasteiger partial charge in [-0.2, -0.15) is 0 Å². The van der Waals surface area contributed by atoms with Crippen LogP contribution in [0.25, 0.3) is 0 Å². The largest absolute Gasteiger partial charge is 0.351 e. The third-order valence-electron chi connectivity index (χ3n) is 2.49. The zero-order valence-electron chi connectivity index (χ0n) is 10.7. The predicted molar refractivity (Wildman–Crippen MR) is 84.6 cm³/mol. The van der Waals surface area contributed by atoms with E-state index in [4.69, 9.17) is 5.73 Å². The first-order valence-corrected chi connectivity index (χ1v) is 8.09. The summed E-state index contributed by atoms with van der Waals surface area (Å²) in [5, 5.41) is 2.38. The van der Waals surface area contributed by atoms with E-state index >= 15 is 0 Å². The number of primary amides is 1. The van der Waals surface area contributed by atoms with Crippen molar-refractivity contribution in [1.29, 1.82) is 0 Å². The van der Waals surface area contributed by atoms with E-state index in [0.717, 1.165) is 0 Å². The van der Waals surface area contributed by atoms with Crippen LogP contribution in [0.4, 0.5) is 16.2 Å². The predicted octanol–water partition coefficient (Wildman–Crippen LogP) is 2.74. The van der Waals surface area contributed by atoms with E-state index in [1.807, 2.05) is 0 Å². The number of anilines is 2. The summed E-state index contributed by atoms with van der Waals surface area (Å²) in [6, 6.07) is 11.9. The maximum atomic E-state index is 12.2. The first-order chi connectivity index (χ1) is 9.87. The summed E-state index contributed by atoms with van der Waals surface area (Å²) < 4.78 is 27.6. The number of hydrogen-bond acceptors (Lipinski definition) is 3. The van der Waals surface area contributed by atoms with Crippen molar-refractivity contribution in [3.8, 4) is 0 Å². The fourth-order valence-electron chi connectivity index (χ4n) is 1.65. The number of carbonyl (C=O) groups excluding carboxylic acids is 1.